The molecule has 0 aromatic heterocycles. The maximum absolute atomic E-state index is 13.0. The number of nitrogens with one attached hydrogen (secondary N) is 2. The molecule has 0 fully saturated rings. The molecule has 0 aliphatic carbocycles. The van der Waals surface area contributed by atoms with Crippen molar-refractivity contribution in [1.82, 2.24) is 4.90 Å². The summed E-state index contributed by atoms with van der Waals surface area (Å²) in [6, 6.07) is 9.83. The highest BCUT2D eigenvalue weighted by atomic mass is 19.4. The third-order valence-corrected chi connectivity index (χ3v) is 4.05. The molecule has 0 radical (unpaired) electrons. The molecule has 0 saturated heterocycles. The molecule has 0 spiro atoms. The van der Waals surface area contributed by atoms with Gasteiger partial charge < -0.3 is 15.4 Å². The van der Waals surface area contributed by atoms with Crippen LogP contribution in [0.15, 0.2) is 48.5 Å². The Morgan fingerprint density at radius 1 is 0.968 bits per heavy atom. The smallest absolute Gasteiger partial charge is 0.418 e. The topological polar surface area (TPSA) is 70.7 Å². The first kappa shape index (κ1) is 24.1. The zero-order valence-electron chi connectivity index (χ0n) is 16.4. The van der Waals surface area contributed by atoms with Crippen LogP contribution in [0.5, 0.6) is 5.75 Å². The Morgan fingerprint density at radius 2 is 1.55 bits per heavy atom. The number of nitrogens with zero attached hydrogens (tertiary/aromatic N) is 1. The molecule has 0 heterocycles. The van der Waals surface area contributed by atoms with Crippen LogP contribution in [0, 0.1) is 0 Å². The Bertz CT molecular complexity index is 888. The summed E-state index contributed by atoms with van der Waals surface area (Å²) >= 11 is 0. The Balaban J connectivity index is 1.91. The second kappa shape index (κ2) is 10.7. The molecule has 31 heavy (non-hydrogen) atoms. The lowest BCUT2D eigenvalue weighted by atomic mass is 10.1. The van der Waals surface area contributed by atoms with Gasteiger partial charge in [-0.3, -0.25) is 14.5 Å². The first-order chi connectivity index (χ1) is 14.6. The summed E-state index contributed by atoms with van der Waals surface area (Å²) in [5, 5.41) is 4.75. The molecule has 2 amide bonds. The number of rotatable bonds is 9. The molecule has 0 bridgehead atoms. The third kappa shape index (κ3) is 7.85. The predicted molar refractivity (Wildman–Crippen MR) is 104 cm³/mol. The molecule has 0 unspecified atom stereocenters. The van der Waals surface area contributed by atoms with Crippen molar-refractivity contribution >= 4 is 23.2 Å². The second-order valence-electron chi connectivity index (χ2n) is 6.35. The van der Waals surface area contributed by atoms with Crippen molar-refractivity contribution in [3.63, 3.8) is 0 Å². The van der Waals surface area contributed by atoms with Gasteiger partial charge in [-0.2, -0.15) is 22.0 Å². The number of amides is 2. The molecular weight excluding hydrogens is 425 g/mol. The molecule has 2 aromatic rings. The molecule has 0 atom stereocenters. The first-order valence-electron chi connectivity index (χ1n) is 9.11. The average Bonchev–Trinajstić information content (AvgIpc) is 2.68. The number of para-hydroxylation sites is 1. The number of benzene rings is 2. The first-order valence-corrected chi connectivity index (χ1v) is 9.11. The average molecular weight is 445 g/mol. The summed E-state index contributed by atoms with van der Waals surface area (Å²) in [5.74, 6) is -1.27. The third-order valence-electron chi connectivity index (χ3n) is 4.05. The lowest BCUT2D eigenvalue weighted by Crippen LogP contribution is -2.38. The molecule has 0 aliphatic heterocycles. The summed E-state index contributed by atoms with van der Waals surface area (Å²) < 4.78 is 67.6. The highest BCUT2D eigenvalue weighted by Crippen LogP contribution is 2.34. The van der Waals surface area contributed by atoms with Crippen LogP contribution < -0.4 is 15.4 Å². The number of hydrogen-bond donors (Lipinski definition) is 2. The Labute approximate surface area is 175 Å². The lowest BCUT2D eigenvalue weighted by Gasteiger charge is -2.20. The Kier molecular flexibility index (Phi) is 8.31. The fourth-order valence-corrected chi connectivity index (χ4v) is 2.63. The molecule has 168 valence electrons. The number of alkyl halides is 5. The zero-order valence-corrected chi connectivity index (χ0v) is 16.4. The standard InChI is InChI=1S/C20H20F5N3O3/c1-2-28(11-17(29)26-13-7-9-14(10-8-13)31-19(21)22)12-18(30)27-16-6-4-3-5-15(16)20(23,24)25/h3-10,19H,2,11-12H2,1H3,(H,26,29)(H,27,30). The Morgan fingerprint density at radius 3 is 2.10 bits per heavy atom. The summed E-state index contributed by atoms with van der Waals surface area (Å²) in [6.45, 7) is -1.52. The molecule has 0 saturated carbocycles. The van der Waals surface area contributed by atoms with E-state index in [-0.39, 0.29) is 31.1 Å². The van der Waals surface area contributed by atoms with E-state index < -0.39 is 30.2 Å². The van der Waals surface area contributed by atoms with Gasteiger partial charge in [0.05, 0.1) is 24.3 Å². The molecule has 11 heteroatoms. The van der Waals surface area contributed by atoms with Gasteiger partial charge >= 0.3 is 12.8 Å². The van der Waals surface area contributed by atoms with E-state index in [0.717, 1.165) is 12.1 Å². The van der Waals surface area contributed by atoms with E-state index in [9.17, 15) is 31.5 Å². The van der Waals surface area contributed by atoms with E-state index in [4.69, 9.17) is 0 Å². The van der Waals surface area contributed by atoms with Crippen LogP contribution in [0.4, 0.5) is 33.3 Å². The number of halogens is 5. The summed E-state index contributed by atoms with van der Waals surface area (Å²) in [7, 11) is 0. The summed E-state index contributed by atoms with van der Waals surface area (Å²) in [6.07, 6.45) is -4.62. The van der Waals surface area contributed by atoms with Crippen molar-refractivity contribution in [2.75, 3.05) is 30.3 Å². The van der Waals surface area contributed by atoms with Crippen molar-refractivity contribution in [3.05, 3.63) is 54.1 Å². The van der Waals surface area contributed by atoms with Gasteiger partial charge in [-0.25, -0.2) is 0 Å². The van der Waals surface area contributed by atoms with Crippen molar-refractivity contribution in [3.8, 4) is 5.75 Å². The van der Waals surface area contributed by atoms with Crippen LogP contribution in [0.1, 0.15) is 12.5 Å². The minimum absolute atomic E-state index is 0.0704. The molecule has 2 N–H and O–H groups in total. The SMILES string of the molecule is CCN(CC(=O)Nc1ccc(OC(F)F)cc1)CC(=O)Nc1ccccc1C(F)(F)F. The van der Waals surface area contributed by atoms with E-state index in [2.05, 4.69) is 15.4 Å². The van der Waals surface area contributed by atoms with Crippen molar-refractivity contribution in [2.45, 2.75) is 19.7 Å². The van der Waals surface area contributed by atoms with Crippen molar-refractivity contribution in [2.24, 2.45) is 0 Å². The second-order valence-corrected chi connectivity index (χ2v) is 6.35. The number of ether oxygens (including phenoxy) is 1. The van der Waals surface area contributed by atoms with Crippen LogP contribution >= 0.6 is 0 Å². The van der Waals surface area contributed by atoms with E-state index in [1.54, 1.807) is 6.92 Å². The Hall–Kier alpha value is -3.21. The summed E-state index contributed by atoms with van der Waals surface area (Å²) in [5.41, 5.74) is -1.01. The maximum atomic E-state index is 13.0. The van der Waals surface area contributed by atoms with Gasteiger partial charge in [0, 0.05) is 5.69 Å². The minimum Gasteiger partial charge on any atom is -0.435 e. The van der Waals surface area contributed by atoms with Crippen molar-refractivity contribution in [1.29, 1.82) is 0 Å². The fraction of sp³-hybridized carbons (Fsp3) is 0.300. The molecule has 6 nitrogen and oxygen atoms in total. The number of anilines is 2. The quantitative estimate of drug-likeness (QED) is 0.568. The number of likely N-dealkylation sites (N-methyl/N-ethyl adjacent to an activating group) is 1. The van der Waals surface area contributed by atoms with Crippen LogP contribution in [0.3, 0.4) is 0 Å². The van der Waals surface area contributed by atoms with Gasteiger partial charge in [-0.05, 0) is 42.9 Å². The van der Waals surface area contributed by atoms with Crippen molar-refractivity contribution < 1.29 is 36.3 Å². The van der Waals surface area contributed by atoms with Gasteiger partial charge in [0.15, 0.2) is 0 Å². The highest BCUT2D eigenvalue weighted by molar-refractivity contribution is 5.95. The normalized spacial score (nSPS) is 11.5. The number of carbonyl (C=O) groups excluding carboxylic acids is 2. The monoisotopic (exact) mass is 445 g/mol. The van der Waals surface area contributed by atoms with E-state index >= 15 is 0 Å². The van der Waals surface area contributed by atoms with Gasteiger partial charge in [0.2, 0.25) is 11.8 Å². The zero-order chi connectivity index (χ0) is 23.0. The van der Waals surface area contributed by atoms with Crippen LogP contribution in [0.2, 0.25) is 0 Å². The highest BCUT2D eigenvalue weighted by Gasteiger charge is 2.33. The van der Waals surface area contributed by atoms with E-state index in [0.29, 0.717) is 5.69 Å². The van der Waals surface area contributed by atoms with Crippen LogP contribution in [-0.2, 0) is 15.8 Å². The van der Waals surface area contributed by atoms with E-state index in [1.807, 2.05) is 0 Å². The van der Waals surface area contributed by atoms with Gasteiger partial charge in [-0.15, -0.1) is 0 Å². The molecule has 2 aromatic carbocycles. The number of hydrogen-bond acceptors (Lipinski definition) is 4. The predicted octanol–water partition coefficient (Wildman–Crippen LogP) is 4.21. The molecular formula is C20H20F5N3O3. The number of carbonyl (C=O) groups is 2. The fourth-order valence-electron chi connectivity index (χ4n) is 2.63. The van der Waals surface area contributed by atoms with Gasteiger partial charge in [-0.1, -0.05) is 19.1 Å². The maximum Gasteiger partial charge on any atom is 0.418 e. The van der Waals surface area contributed by atoms with Crippen LogP contribution in [0.25, 0.3) is 0 Å². The largest absolute Gasteiger partial charge is 0.435 e. The van der Waals surface area contributed by atoms with Gasteiger partial charge in [0.1, 0.15) is 5.75 Å². The lowest BCUT2D eigenvalue weighted by molar-refractivity contribution is -0.137. The van der Waals surface area contributed by atoms with E-state index in [1.165, 1.54) is 41.3 Å². The van der Waals surface area contributed by atoms with Gasteiger partial charge in [0.25, 0.3) is 0 Å². The molecule has 2 rings (SSSR count). The van der Waals surface area contributed by atoms with Crippen LogP contribution in [-0.4, -0.2) is 43.0 Å². The minimum atomic E-state index is -4.62. The summed E-state index contributed by atoms with van der Waals surface area (Å²) in [4.78, 5) is 25.8. The molecule has 0 aliphatic rings.